The topological polar surface area (TPSA) is 20.2 Å². The summed E-state index contributed by atoms with van der Waals surface area (Å²) in [5, 5.41) is 9.80. The van der Waals surface area contributed by atoms with Gasteiger partial charge in [0.15, 0.2) is 0 Å². The first kappa shape index (κ1) is 15.3. The Bertz CT molecular complexity index is 517. The van der Waals surface area contributed by atoms with Gasteiger partial charge in [-0.2, -0.15) is 18.2 Å². The zero-order valence-corrected chi connectivity index (χ0v) is 12.9. The minimum atomic E-state index is 0. The van der Waals surface area contributed by atoms with E-state index in [0.717, 1.165) is 11.1 Å². The quantitative estimate of drug-likeness (QED) is 0.528. The van der Waals surface area contributed by atoms with Gasteiger partial charge in [0, 0.05) is 11.1 Å². The van der Waals surface area contributed by atoms with Crippen LogP contribution in [0, 0.1) is 0 Å². The van der Waals surface area contributed by atoms with E-state index in [0.29, 0.717) is 5.76 Å². The standard InChI is InChI=1S/C12H10O.C5H5.Os/c13-12(11-8-4-5-9-11)10-6-2-1-3-7-10;1-2-4-5-3-1;/h1-9,13H;1-5H;/q;-1;+1. The number of hydrogen-bond donors (Lipinski definition) is 1. The van der Waals surface area contributed by atoms with Crippen molar-refractivity contribution in [3.05, 3.63) is 96.1 Å². The normalized spacial score (nSPS) is 11.5. The third-order valence-electron chi connectivity index (χ3n) is 2.54. The van der Waals surface area contributed by atoms with Crippen LogP contribution < -0.4 is 0 Å². The molecule has 0 heterocycles. The van der Waals surface area contributed by atoms with Crippen molar-refractivity contribution in [3.8, 4) is 0 Å². The van der Waals surface area contributed by atoms with Gasteiger partial charge in [0.1, 0.15) is 5.76 Å². The molecule has 19 heavy (non-hydrogen) atoms. The van der Waals surface area contributed by atoms with Crippen molar-refractivity contribution in [2.45, 2.75) is 0 Å². The average molecular weight is 426 g/mol. The Morgan fingerprint density at radius 1 is 0.842 bits per heavy atom. The average Bonchev–Trinajstić information content (AvgIpc) is 3.14. The second-order valence-electron chi connectivity index (χ2n) is 3.85. The first-order valence-corrected chi connectivity index (χ1v) is 5.88. The first-order chi connectivity index (χ1) is 8.88. The molecular formula is C17H15OOs. The summed E-state index contributed by atoms with van der Waals surface area (Å²) < 4.78 is 0. The molecule has 0 saturated heterocycles. The largest absolute Gasteiger partial charge is 1.00 e. The van der Waals surface area contributed by atoms with Gasteiger partial charge in [0.25, 0.3) is 0 Å². The first-order valence-electron chi connectivity index (χ1n) is 5.88. The molecule has 0 unspecified atom stereocenters. The summed E-state index contributed by atoms with van der Waals surface area (Å²) in [4.78, 5) is 0. The summed E-state index contributed by atoms with van der Waals surface area (Å²) in [5.74, 6) is 0.339. The van der Waals surface area contributed by atoms with E-state index in [2.05, 4.69) is 0 Å². The zero-order chi connectivity index (χ0) is 12.6. The number of allylic oxidation sites excluding steroid dienone is 5. The van der Waals surface area contributed by atoms with Crippen LogP contribution >= 0.6 is 0 Å². The van der Waals surface area contributed by atoms with Crippen LogP contribution in [0.4, 0.5) is 0 Å². The summed E-state index contributed by atoms with van der Waals surface area (Å²) >= 11 is 0. The second-order valence-corrected chi connectivity index (χ2v) is 3.85. The molecule has 0 saturated carbocycles. The van der Waals surface area contributed by atoms with Crippen molar-refractivity contribution in [1.29, 1.82) is 0 Å². The molecule has 0 atom stereocenters. The molecule has 0 fully saturated rings. The van der Waals surface area contributed by atoms with E-state index in [9.17, 15) is 5.11 Å². The molecule has 2 heteroatoms. The van der Waals surface area contributed by atoms with Crippen LogP contribution in [0.15, 0.2) is 90.5 Å². The fraction of sp³-hybridized carbons (Fsp3) is 0. The van der Waals surface area contributed by atoms with Gasteiger partial charge in [-0.15, -0.1) is 0 Å². The van der Waals surface area contributed by atoms with Crippen LogP contribution in [-0.2, 0) is 19.8 Å². The molecule has 1 aliphatic rings. The van der Waals surface area contributed by atoms with Gasteiger partial charge in [0.05, 0.1) is 0 Å². The van der Waals surface area contributed by atoms with E-state index in [1.165, 1.54) is 0 Å². The third-order valence-corrected chi connectivity index (χ3v) is 2.54. The Morgan fingerprint density at radius 3 is 1.89 bits per heavy atom. The van der Waals surface area contributed by atoms with Crippen LogP contribution in [0.25, 0.3) is 5.76 Å². The minimum Gasteiger partial charge on any atom is -0.507 e. The maximum atomic E-state index is 9.80. The van der Waals surface area contributed by atoms with Crippen LogP contribution in [0.5, 0.6) is 0 Å². The maximum Gasteiger partial charge on any atom is 1.00 e. The molecular weight excluding hydrogens is 410 g/mol. The van der Waals surface area contributed by atoms with Gasteiger partial charge in [-0.05, 0) is 0 Å². The molecule has 97 valence electrons. The summed E-state index contributed by atoms with van der Waals surface area (Å²) in [7, 11) is 0. The molecule has 1 nitrogen and oxygen atoms in total. The second kappa shape index (κ2) is 8.35. The smallest absolute Gasteiger partial charge is 0.507 e. The van der Waals surface area contributed by atoms with Crippen LogP contribution in [0.2, 0.25) is 0 Å². The van der Waals surface area contributed by atoms with E-state index >= 15 is 0 Å². The Kier molecular flexibility index (Phi) is 6.72. The molecule has 1 N–H and O–H groups in total. The molecule has 0 aromatic heterocycles. The molecule has 2 aromatic rings. The third kappa shape index (κ3) is 4.77. The van der Waals surface area contributed by atoms with Crippen LogP contribution in [0.1, 0.15) is 5.56 Å². The van der Waals surface area contributed by atoms with E-state index in [4.69, 9.17) is 0 Å². The van der Waals surface area contributed by atoms with E-state index < -0.39 is 0 Å². The summed E-state index contributed by atoms with van der Waals surface area (Å²) in [6.07, 6.45) is 7.60. The van der Waals surface area contributed by atoms with Gasteiger partial charge in [0.2, 0.25) is 0 Å². The van der Waals surface area contributed by atoms with Gasteiger partial charge in [-0.1, -0.05) is 54.6 Å². The summed E-state index contributed by atoms with van der Waals surface area (Å²) in [5.41, 5.74) is 1.72. The molecule has 2 aromatic carbocycles. The SMILES string of the molecule is OC(=C1C=CC=C1)c1ccccc1.[Os+].c1cc[cH-]c1. The van der Waals surface area contributed by atoms with Gasteiger partial charge < -0.3 is 5.11 Å². The van der Waals surface area contributed by atoms with Crippen molar-refractivity contribution < 1.29 is 24.9 Å². The molecule has 1 radical (unpaired) electrons. The van der Waals surface area contributed by atoms with E-state index in [1.54, 1.807) is 0 Å². The van der Waals surface area contributed by atoms with Gasteiger partial charge in [-0.25, -0.2) is 12.1 Å². The molecule has 3 rings (SSSR count). The molecule has 0 aliphatic heterocycles. The van der Waals surface area contributed by atoms with Crippen molar-refractivity contribution in [3.63, 3.8) is 0 Å². The number of aliphatic hydroxyl groups is 1. The number of rotatable bonds is 1. The fourth-order valence-corrected chi connectivity index (χ4v) is 1.62. The number of aliphatic hydroxyl groups excluding tert-OH is 1. The monoisotopic (exact) mass is 427 g/mol. The van der Waals surface area contributed by atoms with Crippen molar-refractivity contribution >= 4 is 5.76 Å². The molecule has 0 bridgehead atoms. The summed E-state index contributed by atoms with van der Waals surface area (Å²) in [6.45, 7) is 0. The maximum absolute atomic E-state index is 9.80. The zero-order valence-electron chi connectivity index (χ0n) is 10.4. The fourth-order valence-electron chi connectivity index (χ4n) is 1.62. The summed E-state index contributed by atoms with van der Waals surface area (Å²) in [6, 6.07) is 19.5. The Hall–Kier alpha value is -1.77. The van der Waals surface area contributed by atoms with Crippen molar-refractivity contribution in [2.75, 3.05) is 0 Å². The Morgan fingerprint density at radius 2 is 1.42 bits per heavy atom. The van der Waals surface area contributed by atoms with E-state index in [-0.39, 0.29) is 19.8 Å². The van der Waals surface area contributed by atoms with Gasteiger partial charge in [-0.3, -0.25) is 0 Å². The van der Waals surface area contributed by atoms with E-state index in [1.807, 2.05) is 85.0 Å². The molecule has 0 amide bonds. The minimum absolute atomic E-state index is 0. The number of benzene rings is 1. The predicted molar refractivity (Wildman–Crippen MR) is 76.3 cm³/mol. The Labute approximate surface area is 127 Å². The number of hydrogen-bond acceptors (Lipinski definition) is 1. The molecule has 1 aliphatic carbocycles. The molecule has 0 spiro atoms. The van der Waals surface area contributed by atoms with Crippen LogP contribution in [0.3, 0.4) is 0 Å². The van der Waals surface area contributed by atoms with Gasteiger partial charge >= 0.3 is 19.8 Å². The Balaban J connectivity index is 0.000000256. The van der Waals surface area contributed by atoms with Crippen molar-refractivity contribution in [2.24, 2.45) is 0 Å². The predicted octanol–water partition coefficient (Wildman–Crippen LogP) is 4.48. The van der Waals surface area contributed by atoms with Crippen molar-refractivity contribution in [1.82, 2.24) is 0 Å². The van der Waals surface area contributed by atoms with Crippen LogP contribution in [-0.4, -0.2) is 5.11 Å².